The number of rotatable bonds is 5. The standard InChI is InChI=1S/C18H23ClN2O4/c1-11(2)9-16(22)20-12-6-7-14(19)13(10-12)17(23)21-8-4-3-5-15(21)18(24)25/h6-7,10-11,15H,3-5,8-9H2,1-2H3,(H,20,22)(H,24,25)/t15-/m1/s1. The van der Waals surface area contributed by atoms with Crippen molar-refractivity contribution >= 4 is 35.1 Å². The number of anilines is 1. The number of carbonyl (C=O) groups excluding carboxylic acids is 2. The topological polar surface area (TPSA) is 86.7 Å². The predicted molar refractivity (Wildman–Crippen MR) is 95.8 cm³/mol. The summed E-state index contributed by atoms with van der Waals surface area (Å²) in [5.41, 5.74) is 0.680. The summed E-state index contributed by atoms with van der Waals surface area (Å²) >= 11 is 6.15. The zero-order valence-electron chi connectivity index (χ0n) is 14.4. The van der Waals surface area contributed by atoms with Gasteiger partial charge in [0.15, 0.2) is 0 Å². The second-order valence-corrected chi connectivity index (χ2v) is 7.10. The Labute approximate surface area is 152 Å². The molecular formula is C18H23ClN2O4. The average molecular weight is 367 g/mol. The number of carboxylic acid groups (broad SMARTS) is 1. The highest BCUT2D eigenvalue weighted by Gasteiger charge is 2.33. The van der Waals surface area contributed by atoms with E-state index in [1.165, 1.54) is 11.0 Å². The SMILES string of the molecule is CC(C)CC(=O)Nc1ccc(Cl)c(C(=O)N2CCCC[C@@H]2C(=O)O)c1. The molecule has 1 fully saturated rings. The molecule has 0 unspecified atom stereocenters. The summed E-state index contributed by atoms with van der Waals surface area (Å²) in [5, 5.41) is 12.3. The van der Waals surface area contributed by atoms with Gasteiger partial charge in [0.2, 0.25) is 5.91 Å². The first kappa shape index (κ1) is 19.2. The van der Waals surface area contributed by atoms with Gasteiger partial charge in [0.1, 0.15) is 6.04 Å². The second-order valence-electron chi connectivity index (χ2n) is 6.69. The van der Waals surface area contributed by atoms with E-state index >= 15 is 0 Å². The molecule has 0 radical (unpaired) electrons. The van der Waals surface area contributed by atoms with Crippen LogP contribution in [0.4, 0.5) is 5.69 Å². The summed E-state index contributed by atoms with van der Waals surface area (Å²) in [5.74, 6) is -1.35. The third kappa shape index (κ3) is 4.95. The van der Waals surface area contributed by atoms with Crippen LogP contribution in [0.1, 0.15) is 49.9 Å². The third-order valence-corrected chi connectivity index (χ3v) is 4.45. The quantitative estimate of drug-likeness (QED) is 0.836. The van der Waals surface area contributed by atoms with Gasteiger partial charge in [-0.2, -0.15) is 0 Å². The van der Waals surface area contributed by atoms with E-state index in [0.717, 1.165) is 12.8 Å². The number of carbonyl (C=O) groups is 3. The van der Waals surface area contributed by atoms with Crippen molar-refractivity contribution in [2.75, 3.05) is 11.9 Å². The normalized spacial score (nSPS) is 17.4. The minimum Gasteiger partial charge on any atom is -0.480 e. The van der Waals surface area contributed by atoms with Crippen molar-refractivity contribution in [3.05, 3.63) is 28.8 Å². The number of aliphatic carboxylic acids is 1. The molecule has 136 valence electrons. The van der Waals surface area contributed by atoms with Crippen LogP contribution in [-0.4, -0.2) is 40.4 Å². The zero-order chi connectivity index (χ0) is 18.6. The minimum atomic E-state index is -1.01. The summed E-state index contributed by atoms with van der Waals surface area (Å²) in [6, 6.07) is 3.84. The lowest BCUT2D eigenvalue weighted by molar-refractivity contribution is -0.143. The van der Waals surface area contributed by atoms with Gasteiger partial charge < -0.3 is 15.3 Å². The van der Waals surface area contributed by atoms with Crippen LogP contribution in [0, 0.1) is 5.92 Å². The molecule has 1 aromatic rings. The summed E-state index contributed by atoms with van der Waals surface area (Å²) < 4.78 is 0. The van der Waals surface area contributed by atoms with Gasteiger partial charge in [-0.05, 0) is 43.4 Å². The Morgan fingerprint density at radius 1 is 1.32 bits per heavy atom. The van der Waals surface area contributed by atoms with E-state index in [4.69, 9.17) is 11.6 Å². The van der Waals surface area contributed by atoms with Crippen LogP contribution in [0.15, 0.2) is 18.2 Å². The number of hydrogen-bond acceptors (Lipinski definition) is 3. The van der Waals surface area contributed by atoms with E-state index in [2.05, 4.69) is 5.32 Å². The van der Waals surface area contributed by atoms with Crippen LogP contribution in [0.2, 0.25) is 5.02 Å². The maximum Gasteiger partial charge on any atom is 0.326 e. The van der Waals surface area contributed by atoms with Crippen molar-refractivity contribution in [3.63, 3.8) is 0 Å². The Kier molecular flexibility index (Phi) is 6.42. The number of carboxylic acids is 1. The predicted octanol–water partition coefficient (Wildman–Crippen LogP) is 3.40. The average Bonchev–Trinajstić information content (AvgIpc) is 2.55. The van der Waals surface area contributed by atoms with Crippen LogP contribution in [0.5, 0.6) is 0 Å². The Morgan fingerprint density at radius 2 is 2.04 bits per heavy atom. The molecule has 0 bridgehead atoms. The van der Waals surface area contributed by atoms with Crippen LogP contribution < -0.4 is 5.32 Å². The molecule has 1 atom stereocenters. The number of halogens is 1. The van der Waals surface area contributed by atoms with Gasteiger partial charge in [0.25, 0.3) is 5.91 Å². The van der Waals surface area contributed by atoms with Crippen LogP contribution >= 0.6 is 11.6 Å². The fourth-order valence-electron chi connectivity index (χ4n) is 2.94. The van der Waals surface area contributed by atoms with Crippen LogP contribution in [0.25, 0.3) is 0 Å². The van der Waals surface area contributed by atoms with Crippen molar-refractivity contribution in [1.82, 2.24) is 4.90 Å². The molecule has 1 aliphatic heterocycles. The Balaban J connectivity index is 2.22. The largest absolute Gasteiger partial charge is 0.480 e. The van der Waals surface area contributed by atoms with E-state index in [1.807, 2.05) is 13.8 Å². The molecule has 0 aromatic heterocycles. The molecule has 7 heteroatoms. The first-order valence-corrected chi connectivity index (χ1v) is 8.80. The highest BCUT2D eigenvalue weighted by atomic mass is 35.5. The summed E-state index contributed by atoms with van der Waals surface area (Å²) in [4.78, 5) is 37.5. The minimum absolute atomic E-state index is 0.142. The highest BCUT2D eigenvalue weighted by Crippen LogP contribution is 2.26. The number of benzene rings is 1. The highest BCUT2D eigenvalue weighted by molar-refractivity contribution is 6.34. The molecule has 0 aliphatic carbocycles. The van der Waals surface area contributed by atoms with Crippen molar-refractivity contribution in [1.29, 1.82) is 0 Å². The second kappa shape index (κ2) is 8.34. The number of nitrogens with zero attached hydrogens (tertiary/aromatic N) is 1. The zero-order valence-corrected chi connectivity index (χ0v) is 15.2. The van der Waals surface area contributed by atoms with Crippen molar-refractivity contribution in [3.8, 4) is 0 Å². The number of piperidine rings is 1. The molecule has 1 heterocycles. The van der Waals surface area contributed by atoms with Gasteiger partial charge in [-0.1, -0.05) is 25.4 Å². The Hall–Kier alpha value is -2.08. The van der Waals surface area contributed by atoms with Gasteiger partial charge in [-0.25, -0.2) is 4.79 Å². The van der Waals surface area contributed by atoms with E-state index in [1.54, 1.807) is 12.1 Å². The Bertz CT molecular complexity index is 675. The maximum absolute atomic E-state index is 12.8. The maximum atomic E-state index is 12.8. The van der Waals surface area contributed by atoms with Gasteiger partial charge in [-0.15, -0.1) is 0 Å². The van der Waals surface area contributed by atoms with Crippen LogP contribution in [-0.2, 0) is 9.59 Å². The molecule has 1 aliphatic rings. The van der Waals surface area contributed by atoms with Gasteiger partial charge in [0.05, 0.1) is 10.6 Å². The van der Waals surface area contributed by atoms with Crippen LogP contribution in [0.3, 0.4) is 0 Å². The monoisotopic (exact) mass is 366 g/mol. The van der Waals surface area contributed by atoms with Crippen molar-refractivity contribution in [2.45, 2.75) is 45.6 Å². The number of hydrogen-bond donors (Lipinski definition) is 2. The summed E-state index contributed by atoms with van der Waals surface area (Å²) in [7, 11) is 0. The first-order valence-electron chi connectivity index (χ1n) is 8.42. The van der Waals surface area contributed by atoms with Gasteiger partial charge >= 0.3 is 5.97 Å². The molecule has 2 amide bonds. The molecule has 2 rings (SSSR count). The molecular weight excluding hydrogens is 344 g/mol. The molecule has 25 heavy (non-hydrogen) atoms. The van der Waals surface area contributed by atoms with E-state index in [0.29, 0.717) is 25.1 Å². The van der Waals surface area contributed by atoms with E-state index in [-0.39, 0.29) is 22.4 Å². The fraction of sp³-hybridized carbons (Fsp3) is 0.500. The first-order chi connectivity index (χ1) is 11.8. The Morgan fingerprint density at radius 3 is 2.68 bits per heavy atom. The van der Waals surface area contributed by atoms with E-state index in [9.17, 15) is 19.5 Å². The number of nitrogens with one attached hydrogen (secondary N) is 1. The lowest BCUT2D eigenvalue weighted by Gasteiger charge is -2.33. The fourth-order valence-corrected chi connectivity index (χ4v) is 3.13. The van der Waals surface area contributed by atoms with E-state index < -0.39 is 17.9 Å². The molecule has 6 nitrogen and oxygen atoms in total. The van der Waals surface area contributed by atoms with Gasteiger partial charge in [0, 0.05) is 18.7 Å². The van der Waals surface area contributed by atoms with Crippen molar-refractivity contribution in [2.24, 2.45) is 5.92 Å². The number of likely N-dealkylation sites (tertiary alicyclic amines) is 1. The summed E-state index contributed by atoms with van der Waals surface area (Å²) in [6.45, 7) is 4.27. The lowest BCUT2D eigenvalue weighted by atomic mass is 10.0. The number of amides is 2. The smallest absolute Gasteiger partial charge is 0.326 e. The third-order valence-electron chi connectivity index (χ3n) is 4.12. The molecule has 2 N–H and O–H groups in total. The van der Waals surface area contributed by atoms with Gasteiger partial charge in [-0.3, -0.25) is 9.59 Å². The molecule has 0 saturated carbocycles. The molecule has 0 spiro atoms. The molecule has 1 saturated heterocycles. The molecule has 1 aromatic carbocycles. The van der Waals surface area contributed by atoms with Crippen molar-refractivity contribution < 1.29 is 19.5 Å². The lowest BCUT2D eigenvalue weighted by Crippen LogP contribution is -2.48. The summed E-state index contributed by atoms with van der Waals surface area (Å²) in [6.07, 6.45) is 2.35.